The number of nitrogens with zero attached hydrogens (tertiary/aromatic N) is 2. The summed E-state index contributed by atoms with van der Waals surface area (Å²) in [6.07, 6.45) is 0. The van der Waals surface area contributed by atoms with Crippen molar-refractivity contribution in [3.05, 3.63) is 72.3 Å². The van der Waals surface area contributed by atoms with Crippen LogP contribution in [0, 0.1) is 0 Å². The number of aromatic nitrogens is 2. The number of hydrogen-bond acceptors (Lipinski definition) is 4. The van der Waals surface area contributed by atoms with E-state index in [9.17, 15) is 0 Å². The maximum absolute atomic E-state index is 5.81. The second-order valence-corrected chi connectivity index (χ2v) is 8.91. The molecule has 0 spiro atoms. The van der Waals surface area contributed by atoms with Crippen LogP contribution in [0.4, 0.5) is 0 Å². The molecule has 4 rings (SSSR count). The van der Waals surface area contributed by atoms with Crippen LogP contribution in [0.2, 0.25) is 0 Å². The minimum Gasteiger partial charge on any atom is -0.494 e. The lowest BCUT2D eigenvalue weighted by Crippen LogP contribution is -2.07. The van der Waals surface area contributed by atoms with Crippen LogP contribution in [0.3, 0.4) is 0 Å². The maximum atomic E-state index is 5.81. The van der Waals surface area contributed by atoms with Gasteiger partial charge in [0, 0.05) is 29.0 Å². The standard InChI is InChI=1S/C26H28N2O2S/c1-18(2)19-10-12-20(13-11-19)26-27-23-16-22(31-21-8-6-5-7-9-21)17-24(30-4)25(23)28(26)14-15-29-3/h5-13,16-18H,14-15H2,1-4H3. The van der Waals surface area contributed by atoms with Crippen LogP contribution in [0.25, 0.3) is 22.4 Å². The molecule has 3 aromatic carbocycles. The largest absolute Gasteiger partial charge is 0.494 e. The van der Waals surface area contributed by atoms with E-state index in [1.807, 2.05) is 6.07 Å². The minimum absolute atomic E-state index is 0.499. The Labute approximate surface area is 188 Å². The van der Waals surface area contributed by atoms with E-state index in [2.05, 4.69) is 79.1 Å². The average Bonchev–Trinajstić information content (AvgIpc) is 3.16. The normalized spacial score (nSPS) is 11.4. The topological polar surface area (TPSA) is 36.3 Å². The molecule has 4 aromatic rings. The summed E-state index contributed by atoms with van der Waals surface area (Å²) in [7, 11) is 3.44. The van der Waals surface area contributed by atoms with Gasteiger partial charge in [-0.15, -0.1) is 0 Å². The fraction of sp³-hybridized carbons (Fsp3) is 0.269. The molecule has 0 N–H and O–H groups in total. The molecule has 0 fully saturated rings. The van der Waals surface area contributed by atoms with Crippen molar-refractivity contribution in [1.82, 2.24) is 9.55 Å². The van der Waals surface area contributed by atoms with E-state index in [0.717, 1.165) is 33.1 Å². The van der Waals surface area contributed by atoms with Gasteiger partial charge in [-0.1, -0.05) is 68.1 Å². The molecule has 0 atom stereocenters. The second-order valence-electron chi connectivity index (χ2n) is 7.76. The summed E-state index contributed by atoms with van der Waals surface area (Å²) in [6.45, 7) is 5.72. The highest BCUT2D eigenvalue weighted by Crippen LogP contribution is 2.37. The lowest BCUT2D eigenvalue weighted by atomic mass is 10.0. The number of fused-ring (bicyclic) bond motifs is 1. The third-order valence-electron chi connectivity index (χ3n) is 5.33. The van der Waals surface area contributed by atoms with Gasteiger partial charge in [0.05, 0.1) is 19.2 Å². The molecule has 1 aromatic heterocycles. The number of hydrogen-bond donors (Lipinski definition) is 0. The summed E-state index contributed by atoms with van der Waals surface area (Å²) in [6, 6.07) is 23.3. The molecule has 0 amide bonds. The van der Waals surface area contributed by atoms with Crippen molar-refractivity contribution in [2.75, 3.05) is 20.8 Å². The molecule has 0 aliphatic heterocycles. The Morgan fingerprint density at radius 1 is 0.935 bits per heavy atom. The Morgan fingerprint density at radius 3 is 2.32 bits per heavy atom. The molecule has 31 heavy (non-hydrogen) atoms. The van der Waals surface area contributed by atoms with Crippen molar-refractivity contribution in [2.24, 2.45) is 0 Å². The van der Waals surface area contributed by atoms with Gasteiger partial charge >= 0.3 is 0 Å². The van der Waals surface area contributed by atoms with E-state index in [1.54, 1.807) is 26.0 Å². The highest BCUT2D eigenvalue weighted by Gasteiger charge is 2.18. The van der Waals surface area contributed by atoms with E-state index >= 15 is 0 Å². The Balaban J connectivity index is 1.83. The van der Waals surface area contributed by atoms with Crippen molar-refractivity contribution in [2.45, 2.75) is 36.1 Å². The van der Waals surface area contributed by atoms with Crippen molar-refractivity contribution in [1.29, 1.82) is 0 Å². The molecule has 1 heterocycles. The quantitative estimate of drug-likeness (QED) is 0.313. The van der Waals surface area contributed by atoms with E-state index in [0.29, 0.717) is 19.1 Å². The first-order valence-electron chi connectivity index (χ1n) is 10.5. The maximum Gasteiger partial charge on any atom is 0.145 e. The molecular formula is C26H28N2O2S. The smallest absolute Gasteiger partial charge is 0.145 e. The predicted octanol–water partition coefficient (Wildman–Crippen LogP) is 6.63. The summed E-state index contributed by atoms with van der Waals surface area (Å²) in [4.78, 5) is 7.33. The molecule has 5 heteroatoms. The minimum atomic E-state index is 0.499. The van der Waals surface area contributed by atoms with E-state index < -0.39 is 0 Å². The number of ether oxygens (including phenoxy) is 2. The molecule has 0 aliphatic rings. The van der Waals surface area contributed by atoms with Gasteiger partial charge in [0.2, 0.25) is 0 Å². The zero-order valence-electron chi connectivity index (χ0n) is 18.5. The molecule has 160 valence electrons. The van der Waals surface area contributed by atoms with Crippen LogP contribution in [0.15, 0.2) is 76.5 Å². The molecule has 0 aliphatic carbocycles. The van der Waals surface area contributed by atoms with Gasteiger partial charge in [-0.25, -0.2) is 4.98 Å². The molecular weight excluding hydrogens is 404 g/mol. The van der Waals surface area contributed by atoms with E-state index in [4.69, 9.17) is 14.5 Å². The highest BCUT2D eigenvalue weighted by atomic mass is 32.2. The predicted molar refractivity (Wildman–Crippen MR) is 128 cm³/mol. The summed E-state index contributed by atoms with van der Waals surface area (Å²) < 4.78 is 13.4. The Bertz CT molecular complexity index is 1150. The van der Waals surface area contributed by atoms with Crippen molar-refractivity contribution >= 4 is 22.8 Å². The van der Waals surface area contributed by atoms with Crippen LogP contribution >= 0.6 is 11.8 Å². The molecule has 0 saturated carbocycles. The summed E-state index contributed by atoms with van der Waals surface area (Å²) in [5, 5.41) is 0. The summed E-state index contributed by atoms with van der Waals surface area (Å²) in [5.41, 5.74) is 4.34. The van der Waals surface area contributed by atoms with E-state index in [-0.39, 0.29) is 0 Å². The first kappa shape index (κ1) is 21.5. The number of benzene rings is 3. The van der Waals surface area contributed by atoms with Crippen LogP contribution in [-0.4, -0.2) is 30.4 Å². The van der Waals surface area contributed by atoms with Crippen LogP contribution in [0.5, 0.6) is 5.75 Å². The molecule has 0 unspecified atom stereocenters. The number of methoxy groups -OCH3 is 2. The third kappa shape index (κ3) is 4.63. The Hall–Kier alpha value is -2.76. The number of imidazole rings is 1. The average molecular weight is 433 g/mol. The SMILES string of the molecule is COCCn1c(-c2ccc(C(C)C)cc2)nc2cc(Sc3ccccc3)cc(OC)c21. The second kappa shape index (κ2) is 9.58. The summed E-state index contributed by atoms with van der Waals surface area (Å²) >= 11 is 1.71. The van der Waals surface area contributed by atoms with Crippen LogP contribution < -0.4 is 4.74 Å². The van der Waals surface area contributed by atoms with Crippen molar-refractivity contribution < 1.29 is 9.47 Å². The lowest BCUT2D eigenvalue weighted by molar-refractivity contribution is 0.188. The summed E-state index contributed by atoms with van der Waals surface area (Å²) in [5.74, 6) is 2.26. The van der Waals surface area contributed by atoms with Gasteiger partial charge in [0.15, 0.2) is 0 Å². The zero-order valence-corrected chi connectivity index (χ0v) is 19.3. The van der Waals surface area contributed by atoms with Crippen molar-refractivity contribution in [3.8, 4) is 17.1 Å². The van der Waals surface area contributed by atoms with Gasteiger partial charge in [-0.2, -0.15) is 0 Å². The first-order valence-corrected chi connectivity index (χ1v) is 11.3. The highest BCUT2D eigenvalue weighted by molar-refractivity contribution is 7.99. The molecule has 4 nitrogen and oxygen atoms in total. The molecule has 0 saturated heterocycles. The molecule has 0 bridgehead atoms. The first-order chi connectivity index (χ1) is 15.1. The number of rotatable bonds is 8. The van der Waals surface area contributed by atoms with Gasteiger partial charge in [-0.05, 0) is 35.7 Å². The van der Waals surface area contributed by atoms with Crippen molar-refractivity contribution in [3.63, 3.8) is 0 Å². The van der Waals surface area contributed by atoms with Crippen LogP contribution in [0.1, 0.15) is 25.3 Å². The zero-order chi connectivity index (χ0) is 21.8. The third-order valence-corrected chi connectivity index (χ3v) is 6.31. The van der Waals surface area contributed by atoms with Gasteiger partial charge in [0.1, 0.15) is 17.1 Å². The van der Waals surface area contributed by atoms with Gasteiger partial charge in [-0.3, -0.25) is 0 Å². The molecule has 0 radical (unpaired) electrons. The Kier molecular flexibility index (Phi) is 6.64. The fourth-order valence-corrected chi connectivity index (χ4v) is 4.58. The monoisotopic (exact) mass is 432 g/mol. The Morgan fingerprint density at radius 2 is 1.68 bits per heavy atom. The lowest BCUT2D eigenvalue weighted by Gasteiger charge is -2.12. The van der Waals surface area contributed by atoms with Gasteiger partial charge < -0.3 is 14.0 Å². The van der Waals surface area contributed by atoms with Crippen LogP contribution in [-0.2, 0) is 11.3 Å². The van der Waals surface area contributed by atoms with E-state index in [1.165, 1.54) is 10.5 Å². The van der Waals surface area contributed by atoms with Gasteiger partial charge in [0.25, 0.3) is 0 Å². The fourth-order valence-electron chi connectivity index (χ4n) is 3.68.